The monoisotopic (exact) mass is 189 g/mol. The molecule has 1 N–H and O–H groups in total. The predicted octanol–water partition coefficient (Wildman–Crippen LogP) is 1.38. The number of nitrogens with one attached hydrogen (secondary N) is 1. The third-order valence-electron chi connectivity index (χ3n) is 3.54. The van der Waals surface area contributed by atoms with Crippen LogP contribution in [-0.4, -0.2) is 20.2 Å². The quantitative estimate of drug-likeness (QED) is 0.720. The van der Waals surface area contributed by atoms with E-state index in [4.69, 9.17) is 4.74 Å². The topological polar surface area (TPSA) is 21.3 Å². The molecule has 1 aromatic carbocycles. The van der Waals surface area contributed by atoms with Crippen molar-refractivity contribution in [1.29, 1.82) is 0 Å². The molecule has 1 saturated heterocycles. The van der Waals surface area contributed by atoms with E-state index in [1.807, 2.05) is 0 Å². The highest BCUT2D eigenvalue weighted by atomic mass is 16.5. The van der Waals surface area contributed by atoms with Crippen LogP contribution in [0.3, 0.4) is 0 Å². The first-order valence-electron chi connectivity index (χ1n) is 5.18. The van der Waals surface area contributed by atoms with Gasteiger partial charge in [-0.25, -0.2) is 0 Å². The van der Waals surface area contributed by atoms with Gasteiger partial charge in [0, 0.05) is 18.5 Å². The molecule has 1 aliphatic heterocycles. The van der Waals surface area contributed by atoms with E-state index < -0.39 is 0 Å². The molecule has 0 bridgehead atoms. The van der Waals surface area contributed by atoms with Gasteiger partial charge in [0.15, 0.2) is 0 Å². The lowest BCUT2D eigenvalue weighted by Crippen LogP contribution is -2.53. The normalized spacial score (nSPS) is 21.8. The molecular formula is C12H15NO. The molecule has 3 rings (SSSR count). The minimum Gasteiger partial charge on any atom is -0.497 e. The van der Waals surface area contributed by atoms with Crippen molar-refractivity contribution in [2.24, 2.45) is 5.41 Å². The Bertz CT molecular complexity index is 369. The van der Waals surface area contributed by atoms with Crippen molar-refractivity contribution in [3.8, 4) is 5.75 Å². The van der Waals surface area contributed by atoms with Gasteiger partial charge in [0.2, 0.25) is 0 Å². The van der Waals surface area contributed by atoms with Crippen molar-refractivity contribution in [3.63, 3.8) is 0 Å². The Hall–Kier alpha value is -1.02. The highest BCUT2D eigenvalue weighted by Gasteiger charge is 2.42. The predicted molar refractivity (Wildman–Crippen MR) is 55.7 cm³/mol. The number of ether oxygens (including phenoxy) is 1. The van der Waals surface area contributed by atoms with E-state index in [0.717, 1.165) is 5.75 Å². The fourth-order valence-corrected chi connectivity index (χ4v) is 2.67. The summed E-state index contributed by atoms with van der Waals surface area (Å²) in [4.78, 5) is 0. The molecule has 0 atom stereocenters. The summed E-state index contributed by atoms with van der Waals surface area (Å²) in [5.74, 6) is 0.994. The molecule has 1 aliphatic carbocycles. The molecule has 1 aromatic rings. The van der Waals surface area contributed by atoms with Crippen LogP contribution in [0.1, 0.15) is 11.1 Å². The van der Waals surface area contributed by atoms with E-state index in [1.54, 1.807) is 7.11 Å². The summed E-state index contributed by atoms with van der Waals surface area (Å²) >= 11 is 0. The van der Waals surface area contributed by atoms with Crippen molar-refractivity contribution in [2.45, 2.75) is 12.8 Å². The van der Waals surface area contributed by atoms with Crippen molar-refractivity contribution in [2.75, 3.05) is 20.2 Å². The summed E-state index contributed by atoms with van der Waals surface area (Å²) in [5, 5.41) is 3.38. The van der Waals surface area contributed by atoms with Crippen LogP contribution >= 0.6 is 0 Å². The molecule has 1 spiro atoms. The zero-order valence-corrected chi connectivity index (χ0v) is 8.47. The van der Waals surface area contributed by atoms with Gasteiger partial charge >= 0.3 is 0 Å². The van der Waals surface area contributed by atoms with E-state index in [0.29, 0.717) is 5.41 Å². The fraction of sp³-hybridized carbons (Fsp3) is 0.500. The minimum atomic E-state index is 0.550. The summed E-state index contributed by atoms with van der Waals surface area (Å²) in [6.45, 7) is 2.37. The lowest BCUT2D eigenvalue weighted by molar-refractivity contribution is 0.183. The maximum Gasteiger partial charge on any atom is 0.119 e. The number of methoxy groups -OCH3 is 1. The van der Waals surface area contributed by atoms with Crippen molar-refractivity contribution in [3.05, 3.63) is 29.3 Å². The molecule has 0 unspecified atom stereocenters. The SMILES string of the molecule is COc1ccc2c(c1)CC1(CNC1)C2. The Labute approximate surface area is 84.3 Å². The maximum absolute atomic E-state index is 5.24. The summed E-state index contributed by atoms with van der Waals surface area (Å²) < 4.78 is 5.24. The molecule has 2 nitrogen and oxygen atoms in total. The van der Waals surface area contributed by atoms with Gasteiger partial charge in [-0.1, -0.05) is 6.07 Å². The second kappa shape index (κ2) is 2.74. The first-order chi connectivity index (χ1) is 6.81. The smallest absolute Gasteiger partial charge is 0.119 e. The standard InChI is InChI=1S/C12H15NO/c1-14-11-3-2-9-5-12(7-13-8-12)6-10(9)4-11/h2-4,13H,5-8H2,1H3. The van der Waals surface area contributed by atoms with Crippen LogP contribution in [0.4, 0.5) is 0 Å². The highest BCUT2D eigenvalue weighted by molar-refractivity contribution is 5.41. The second-order valence-electron chi connectivity index (χ2n) is 4.59. The Morgan fingerprint density at radius 1 is 1.21 bits per heavy atom. The van der Waals surface area contributed by atoms with Crippen LogP contribution in [0.15, 0.2) is 18.2 Å². The van der Waals surface area contributed by atoms with Gasteiger partial charge in [0.25, 0.3) is 0 Å². The van der Waals surface area contributed by atoms with E-state index in [2.05, 4.69) is 23.5 Å². The van der Waals surface area contributed by atoms with Crippen molar-refractivity contribution < 1.29 is 4.74 Å². The third-order valence-corrected chi connectivity index (χ3v) is 3.54. The van der Waals surface area contributed by atoms with Crippen LogP contribution in [0.25, 0.3) is 0 Å². The van der Waals surface area contributed by atoms with Crippen LogP contribution in [0.5, 0.6) is 5.75 Å². The first-order valence-corrected chi connectivity index (χ1v) is 5.18. The van der Waals surface area contributed by atoms with E-state index in [-0.39, 0.29) is 0 Å². The van der Waals surface area contributed by atoms with Crippen molar-refractivity contribution in [1.82, 2.24) is 5.32 Å². The lowest BCUT2D eigenvalue weighted by Gasteiger charge is -2.39. The summed E-state index contributed by atoms with van der Waals surface area (Å²) in [7, 11) is 1.73. The van der Waals surface area contributed by atoms with Crippen LogP contribution < -0.4 is 10.1 Å². The van der Waals surface area contributed by atoms with Gasteiger partial charge in [-0.3, -0.25) is 0 Å². The fourth-order valence-electron chi connectivity index (χ4n) is 2.67. The second-order valence-corrected chi connectivity index (χ2v) is 4.59. The number of rotatable bonds is 1. The first kappa shape index (κ1) is 8.30. The van der Waals surface area contributed by atoms with Gasteiger partial charge < -0.3 is 10.1 Å². The molecule has 1 fully saturated rings. The van der Waals surface area contributed by atoms with Gasteiger partial charge in [0.05, 0.1) is 7.11 Å². The molecule has 2 aliphatic rings. The Morgan fingerprint density at radius 2 is 2.00 bits per heavy atom. The maximum atomic E-state index is 5.24. The average Bonchev–Trinajstić information content (AvgIpc) is 2.55. The number of benzene rings is 1. The molecule has 2 heteroatoms. The molecule has 1 heterocycles. The van der Waals surface area contributed by atoms with Crippen LogP contribution in [-0.2, 0) is 12.8 Å². The Balaban J connectivity index is 1.94. The average molecular weight is 189 g/mol. The zero-order valence-electron chi connectivity index (χ0n) is 8.47. The summed E-state index contributed by atoms with van der Waals surface area (Å²) in [6, 6.07) is 6.49. The number of hydrogen-bond acceptors (Lipinski definition) is 2. The van der Waals surface area contributed by atoms with Crippen LogP contribution in [0.2, 0.25) is 0 Å². The van der Waals surface area contributed by atoms with Crippen LogP contribution in [0, 0.1) is 5.41 Å². The Kier molecular flexibility index (Phi) is 1.62. The van der Waals surface area contributed by atoms with E-state index in [1.165, 1.54) is 37.1 Å². The Morgan fingerprint density at radius 3 is 2.64 bits per heavy atom. The van der Waals surface area contributed by atoms with Gasteiger partial charge in [0.1, 0.15) is 5.75 Å². The van der Waals surface area contributed by atoms with E-state index >= 15 is 0 Å². The largest absolute Gasteiger partial charge is 0.497 e. The van der Waals surface area contributed by atoms with Gasteiger partial charge in [-0.2, -0.15) is 0 Å². The highest BCUT2D eigenvalue weighted by Crippen LogP contribution is 2.40. The van der Waals surface area contributed by atoms with Gasteiger partial charge in [-0.15, -0.1) is 0 Å². The van der Waals surface area contributed by atoms with Gasteiger partial charge in [-0.05, 0) is 36.1 Å². The number of hydrogen-bond donors (Lipinski definition) is 1. The third kappa shape index (κ3) is 1.07. The molecule has 0 aromatic heterocycles. The molecule has 0 saturated carbocycles. The summed E-state index contributed by atoms with van der Waals surface area (Å²) in [6.07, 6.45) is 2.48. The molecule has 0 amide bonds. The molecule has 14 heavy (non-hydrogen) atoms. The molecular weight excluding hydrogens is 174 g/mol. The lowest BCUT2D eigenvalue weighted by atomic mass is 9.79. The zero-order chi connectivity index (χ0) is 9.60. The van der Waals surface area contributed by atoms with Crippen molar-refractivity contribution >= 4 is 0 Å². The number of fused-ring (bicyclic) bond motifs is 1. The minimum absolute atomic E-state index is 0.550. The molecule has 0 radical (unpaired) electrons. The molecule has 74 valence electrons. The van der Waals surface area contributed by atoms with E-state index in [9.17, 15) is 0 Å². The summed E-state index contributed by atoms with van der Waals surface area (Å²) in [5.41, 5.74) is 3.56.